The van der Waals surface area contributed by atoms with Gasteiger partial charge in [-0.05, 0) is 72.0 Å². The lowest BCUT2D eigenvalue weighted by atomic mass is 10.1. The largest absolute Gasteiger partial charge is 0.393 e. The van der Waals surface area contributed by atoms with E-state index in [4.69, 9.17) is 0 Å². The lowest BCUT2D eigenvalue weighted by molar-refractivity contribution is 0.177. The van der Waals surface area contributed by atoms with Crippen molar-refractivity contribution in [1.82, 2.24) is 5.32 Å². The van der Waals surface area contributed by atoms with Crippen LogP contribution in [0.25, 0.3) is 0 Å². The van der Waals surface area contributed by atoms with E-state index in [1.54, 1.807) is 0 Å². The summed E-state index contributed by atoms with van der Waals surface area (Å²) >= 11 is 2.32. The summed E-state index contributed by atoms with van der Waals surface area (Å²) in [6.45, 7) is 1.96. The van der Waals surface area contributed by atoms with Gasteiger partial charge in [-0.25, -0.2) is 0 Å². The number of nitrogens with one attached hydrogen (secondary N) is 1. The number of halogens is 1. The smallest absolute Gasteiger partial charge is 0.0543 e. The predicted octanol–water partition coefficient (Wildman–Crippen LogP) is 2.54. The van der Waals surface area contributed by atoms with Gasteiger partial charge in [0.25, 0.3) is 0 Å². The number of aliphatic hydroxyl groups is 1. The van der Waals surface area contributed by atoms with Crippen molar-refractivity contribution in [3.05, 3.63) is 33.4 Å². The fourth-order valence-electron chi connectivity index (χ4n) is 2.26. The van der Waals surface area contributed by atoms with Crippen molar-refractivity contribution in [2.75, 3.05) is 6.54 Å². The van der Waals surface area contributed by atoms with E-state index in [1.807, 2.05) is 0 Å². The number of rotatable bonds is 4. The second-order valence-electron chi connectivity index (χ2n) is 4.59. The third-order valence-corrected chi connectivity index (χ3v) is 3.91. The summed E-state index contributed by atoms with van der Waals surface area (Å²) in [5.74, 6) is 0.666. The van der Waals surface area contributed by atoms with Gasteiger partial charge in [0.1, 0.15) is 0 Å². The van der Waals surface area contributed by atoms with Crippen LogP contribution in [-0.4, -0.2) is 17.8 Å². The standard InChI is InChI=1S/C13H18INO/c14-12-4-1-10(2-5-12)8-15-9-11-3-6-13(16)7-11/h1-2,4-5,11,13,15-16H,3,6-9H2. The zero-order valence-corrected chi connectivity index (χ0v) is 11.5. The maximum Gasteiger partial charge on any atom is 0.0543 e. The molecule has 2 N–H and O–H groups in total. The van der Waals surface area contributed by atoms with Crippen molar-refractivity contribution >= 4 is 22.6 Å². The molecule has 0 saturated heterocycles. The lowest BCUT2D eigenvalue weighted by Gasteiger charge is -2.10. The Morgan fingerprint density at radius 1 is 1.25 bits per heavy atom. The summed E-state index contributed by atoms with van der Waals surface area (Å²) in [7, 11) is 0. The van der Waals surface area contributed by atoms with Crippen LogP contribution >= 0.6 is 22.6 Å². The highest BCUT2D eigenvalue weighted by molar-refractivity contribution is 14.1. The van der Waals surface area contributed by atoms with Gasteiger partial charge in [0.05, 0.1) is 6.10 Å². The third kappa shape index (κ3) is 3.71. The lowest BCUT2D eigenvalue weighted by Crippen LogP contribution is -2.21. The molecule has 1 aromatic carbocycles. The van der Waals surface area contributed by atoms with E-state index in [0.29, 0.717) is 5.92 Å². The van der Waals surface area contributed by atoms with Crippen molar-refractivity contribution in [3.8, 4) is 0 Å². The second kappa shape index (κ2) is 5.98. The molecule has 0 amide bonds. The highest BCUT2D eigenvalue weighted by Gasteiger charge is 2.21. The van der Waals surface area contributed by atoms with Crippen molar-refractivity contribution in [2.24, 2.45) is 5.92 Å². The molecule has 0 spiro atoms. The van der Waals surface area contributed by atoms with Crippen LogP contribution in [0.4, 0.5) is 0 Å². The average Bonchev–Trinajstić information content (AvgIpc) is 2.67. The zero-order chi connectivity index (χ0) is 11.4. The number of hydrogen-bond acceptors (Lipinski definition) is 2. The summed E-state index contributed by atoms with van der Waals surface area (Å²) < 4.78 is 1.28. The first kappa shape index (κ1) is 12.3. The molecule has 2 nitrogen and oxygen atoms in total. The average molecular weight is 331 g/mol. The quantitative estimate of drug-likeness (QED) is 0.831. The molecule has 1 saturated carbocycles. The molecule has 2 unspecified atom stereocenters. The van der Waals surface area contributed by atoms with Crippen molar-refractivity contribution in [1.29, 1.82) is 0 Å². The summed E-state index contributed by atoms with van der Waals surface area (Å²) in [4.78, 5) is 0. The molecule has 0 aliphatic heterocycles. The van der Waals surface area contributed by atoms with Gasteiger partial charge in [-0.1, -0.05) is 12.1 Å². The van der Waals surface area contributed by atoms with Gasteiger partial charge in [-0.3, -0.25) is 0 Å². The Balaban J connectivity index is 1.70. The zero-order valence-electron chi connectivity index (χ0n) is 9.32. The predicted molar refractivity (Wildman–Crippen MR) is 74.2 cm³/mol. The topological polar surface area (TPSA) is 32.3 Å². The molecule has 0 radical (unpaired) electrons. The molecule has 0 bridgehead atoms. The maximum atomic E-state index is 9.42. The van der Waals surface area contributed by atoms with Crippen LogP contribution in [0, 0.1) is 9.49 Å². The molecular formula is C13H18INO. The molecule has 3 heteroatoms. The van der Waals surface area contributed by atoms with Crippen LogP contribution in [-0.2, 0) is 6.54 Å². The van der Waals surface area contributed by atoms with Crippen LogP contribution in [0.15, 0.2) is 24.3 Å². The summed E-state index contributed by atoms with van der Waals surface area (Å²) in [5, 5.41) is 12.9. The first-order valence-electron chi connectivity index (χ1n) is 5.87. The van der Waals surface area contributed by atoms with E-state index in [-0.39, 0.29) is 6.10 Å². The molecule has 0 aromatic heterocycles. The summed E-state index contributed by atoms with van der Waals surface area (Å²) in [5.41, 5.74) is 1.33. The fraction of sp³-hybridized carbons (Fsp3) is 0.538. The molecule has 1 aliphatic carbocycles. The van der Waals surface area contributed by atoms with Crippen molar-refractivity contribution in [2.45, 2.75) is 31.9 Å². The van der Waals surface area contributed by atoms with E-state index in [1.165, 1.54) is 15.6 Å². The van der Waals surface area contributed by atoms with E-state index in [9.17, 15) is 5.11 Å². The van der Waals surface area contributed by atoms with E-state index in [2.05, 4.69) is 52.2 Å². The molecule has 88 valence electrons. The fourth-order valence-corrected chi connectivity index (χ4v) is 2.62. The highest BCUT2D eigenvalue weighted by Crippen LogP contribution is 2.24. The van der Waals surface area contributed by atoms with Gasteiger partial charge >= 0.3 is 0 Å². The number of benzene rings is 1. The Morgan fingerprint density at radius 3 is 2.62 bits per heavy atom. The molecule has 16 heavy (non-hydrogen) atoms. The van der Waals surface area contributed by atoms with Gasteiger partial charge < -0.3 is 10.4 Å². The van der Waals surface area contributed by atoms with Crippen LogP contribution in [0.3, 0.4) is 0 Å². The molecule has 1 aliphatic rings. The van der Waals surface area contributed by atoms with E-state index < -0.39 is 0 Å². The van der Waals surface area contributed by atoms with Crippen molar-refractivity contribution in [3.63, 3.8) is 0 Å². The Morgan fingerprint density at radius 2 is 2.00 bits per heavy atom. The van der Waals surface area contributed by atoms with E-state index >= 15 is 0 Å². The normalized spacial score (nSPS) is 24.9. The minimum absolute atomic E-state index is 0.0508. The Labute approximate surface area is 111 Å². The highest BCUT2D eigenvalue weighted by atomic mass is 127. The van der Waals surface area contributed by atoms with Gasteiger partial charge in [-0.2, -0.15) is 0 Å². The Hall–Kier alpha value is -0.130. The Kier molecular flexibility index (Phi) is 4.61. The van der Waals surface area contributed by atoms with Crippen LogP contribution < -0.4 is 5.32 Å². The summed E-state index contributed by atoms with van der Waals surface area (Å²) in [6, 6.07) is 8.60. The monoisotopic (exact) mass is 331 g/mol. The third-order valence-electron chi connectivity index (χ3n) is 3.19. The van der Waals surface area contributed by atoms with Crippen molar-refractivity contribution < 1.29 is 5.11 Å². The second-order valence-corrected chi connectivity index (χ2v) is 5.84. The Bertz CT molecular complexity index is 325. The molecule has 2 atom stereocenters. The summed E-state index contributed by atoms with van der Waals surface area (Å²) in [6.07, 6.45) is 3.07. The minimum Gasteiger partial charge on any atom is -0.393 e. The molecule has 0 heterocycles. The minimum atomic E-state index is -0.0508. The van der Waals surface area contributed by atoms with Gasteiger partial charge in [0.15, 0.2) is 0 Å². The maximum absolute atomic E-state index is 9.42. The molecule has 1 fully saturated rings. The van der Waals surface area contributed by atoms with E-state index in [0.717, 1.165) is 25.9 Å². The van der Waals surface area contributed by atoms with Gasteiger partial charge in [0.2, 0.25) is 0 Å². The van der Waals surface area contributed by atoms with Gasteiger partial charge in [-0.15, -0.1) is 0 Å². The van der Waals surface area contributed by atoms with Crippen LogP contribution in [0.1, 0.15) is 24.8 Å². The molecule has 2 rings (SSSR count). The number of aliphatic hydroxyl groups excluding tert-OH is 1. The van der Waals surface area contributed by atoms with Crippen LogP contribution in [0.2, 0.25) is 0 Å². The van der Waals surface area contributed by atoms with Crippen LogP contribution in [0.5, 0.6) is 0 Å². The first-order valence-corrected chi connectivity index (χ1v) is 6.95. The molecular weight excluding hydrogens is 313 g/mol. The first-order chi connectivity index (χ1) is 7.74. The molecule has 1 aromatic rings. The number of hydrogen-bond donors (Lipinski definition) is 2. The SMILES string of the molecule is OC1CCC(CNCc2ccc(I)cc2)C1. The van der Waals surface area contributed by atoms with Gasteiger partial charge in [0, 0.05) is 10.1 Å².